The lowest BCUT2D eigenvalue weighted by atomic mass is 9.62. The van der Waals surface area contributed by atoms with Gasteiger partial charge in [-0.2, -0.15) is 0 Å². The average Bonchev–Trinajstić information content (AvgIpc) is 2.58. The zero-order valence-electron chi connectivity index (χ0n) is 15.5. The van der Waals surface area contributed by atoms with Crippen LogP contribution in [0.15, 0.2) is 9.59 Å². The van der Waals surface area contributed by atoms with Gasteiger partial charge in [-0.05, 0) is 31.6 Å². The molecule has 3 heterocycles. The molecule has 1 saturated heterocycles. The molecule has 0 N–H and O–H groups in total. The van der Waals surface area contributed by atoms with Gasteiger partial charge in [-0.3, -0.25) is 13.9 Å². The molecule has 0 aromatic carbocycles. The summed E-state index contributed by atoms with van der Waals surface area (Å²) in [7, 11) is 3.26. The Morgan fingerprint density at radius 3 is 2.56 bits per heavy atom. The first-order valence-electron chi connectivity index (χ1n) is 9.51. The largest absolute Gasteiger partial charge is 0.446 e. The molecule has 0 radical (unpaired) electrons. The van der Waals surface area contributed by atoms with E-state index in [2.05, 4.69) is 6.92 Å². The number of rotatable bonds is 0. The molecule has 25 heavy (non-hydrogen) atoms. The Morgan fingerprint density at radius 1 is 1.08 bits per heavy atom. The maximum absolute atomic E-state index is 13.1. The van der Waals surface area contributed by atoms with Crippen molar-refractivity contribution in [2.24, 2.45) is 20.0 Å². The van der Waals surface area contributed by atoms with Gasteiger partial charge in [0.2, 0.25) is 11.7 Å². The van der Waals surface area contributed by atoms with Gasteiger partial charge in [0.25, 0.3) is 5.56 Å². The van der Waals surface area contributed by atoms with Crippen molar-refractivity contribution in [3.8, 4) is 5.88 Å². The minimum atomic E-state index is -0.682. The highest BCUT2D eigenvalue weighted by atomic mass is 16.7. The molecule has 1 aromatic rings. The highest BCUT2D eigenvalue weighted by Crippen LogP contribution is 2.53. The van der Waals surface area contributed by atoms with E-state index in [-0.39, 0.29) is 16.7 Å². The minimum Gasteiger partial charge on any atom is -0.446 e. The van der Waals surface area contributed by atoms with Crippen molar-refractivity contribution in [2.45, 2.75) is 69.5 Å². The number of fused-ring (bicyclic) bond motifs is 2. The molecule has 0 amide bonds. The number of ether oxygens (including phenoxy) is 2. The molecule has 1 aromatic heterocycles. The highest BCUT2D eigenvalue weighted by molar-refractivity contribution is 5.37. The van der Waals surface area contributed by atoms with Crippen molar-refractivity contribution in [3.63, 3.8) is 0 Å². The SMILES string of the molecule is C[C@H]1CCCC2(C1)CC1(CCCCO1)Oc1c2c(=O)n(C)c(=O)n1C. The van der Waals surface area contributed by atoms with Crippen LogP contribution in [0.5, 0.6) is 5.88 Å². The highest BCUT2D eigenvalue weighted by Gasteiger charge is 2.54. The molecule has 2 spiro atoms. The van der Waals surface area contributed by atoms with E-state index in [1.807, 2.05) is 0 Å². The molecular weight excluding hydrogens is 320 g/mol. The van der Waals surface area contributed by atoms with Gasteiger partial charge >= 0.3 is 5.69 Å². The summed E-state index contributed by atoms with van der Waals surface area (Å²) in [6.07, 6.45) is 7.86. The van der Waals surface area contributed by atoms with Crippen LogP contribution in [-0.4, -0.2) is 21.5 Å². The van der Waals surface area contributed by atoms with Crippen LogP contribution >= 0.6 is 0 Å². The summed E-state index contributed by atoms with van der Waals surface area (Å²) < 4.78 is 15.2. The number of aromatic nitrogens is 2. The van der Waals surface area contributed by atoms with Crippen molar-refractivity contribution < 1.29 is 9.47 Å². The van der Waals surface area contributed by atoms with Gasteiger partial charge in [-0.25, -0.2) is 4.79 Å². The number of nitrogens with zero attached hydrogens (tertiary/aromatic N) is 2. The van der Waals surface area contributed by atoms with Crippen LogP contribution in [0.1, 0.15) is 63.9 Å². The standard InChI is InChI=1S/C19H28N2O4/c1-13-7-6-8-18(11-13)12-19(9-4-5-10-24-19)25-16-14(18)15(22)20(2)17(23)21(16)3/h13H,4-12H2,1-3H3/t13-,18?,19?/m0/s1. The van der Waals surface area contributed by atoms with E-state index >= 15 is 0 Å². The molecule has 2 fully saturated rings. The molecule has 0 bridgehead atoms. The second kappa shape index (κ2) is 5.73. The first-order chi connectivity index (χ1) is 11.9. The summed E-state index contributed by atoms with van der Waals surface area (Å²) in [5, 5.41) is 0. The Morgan fingerprint density at radius 2 is 1.88 bits per heavy atom. The van der Waals surface area contributed by atoms with Crippen LogP contribution in [-0.2, 0) is 24.2 Å². The Kier molecular flexibility index (Phi) is 3.87. The van der Waals surface area contributed by atoms with Gasteiger partial charge in [-0.15, -0.1) is 0 Å². The first-order valence-corrected chi connectivity index (χ1v) is 9.51. The number of hydrogen-bond acceptors (Lipinski definition) is 4. The van der Waals surface area contributed by atoms with Crippen molar-refractivity contribution in [1.29, 1.82) is 0 Å². The maximum atomic E-state index is 13.1. The fourth-order valence-electron chi connectivity index (χ4n) is 5.31. The van der Waals surface area contributed by atoms with Crippen molar-refractivity contribution in [1.82, 2.24) is 9.13 Å². The van der Waals surface area contributed by atoms with Crippen molar-refractivity contribution in [2.75, 3.05) is 6.61 Å². The van der Waals surface area contributed by atoms with E-state index in [4.69, 9.17) is 9.47 Å². The topological polar surface area (TPSA) is 62.5 Å². The summed E-state index contributed by atoms with van der Waals surface area (Å²) in [5.74, 6) is 0.316. The van der Waals surface area contributed by atoms with Gasteiger partial charge in [-0.1, -0.05) is 19.8 Å². The normalized spacial score (nSPS) is 34.8. The van der Waals surface area contributed by atoms with Gasteiger partial charge < -0.3 is 9.47 Å². The van der Waals surface area contributed by atoms with Crippen LogP contribution in [0.3, 0.4) is 0 Å². The molecule has 6 nitrogen and oxygen atoms in total. The first kappa shape index (κ1) is 16.9. The van der Waals surface area contributed by atoms with E-state index in [0.717, 1.165) is 44.9 Å². The summed E-state index contributed by atoms with van der Waals surface area (Å²) in [4.78, 5) is 25.5. The summed E-state index contributed by atoms with van der Waals surface area (Å²) in [5.41, 5.74) is -0.0833. The summed E-state index contributed by atoms with van der Waals surface area (Å²) in [6, 6.07) is 0. The third-order valence-electron chi connectivity index (χ3n) is 6.44. The van der Waals surface area contributed by atoms with Crippen LogP contribution < -0.4 is 16.0 Å². The van der Waals surface area contributed by atoms with Crippen LogP contribution in [0.25, 0.3) is 0 Å². The van der Waals surface area contributed by atoms with Crippen molar-refractivity contribution >= 4 is 0 Å². The monoisotopic (exact) mass is 348 g/mol. The molecule has 2 unspecified atom stereocenters. The van der Waals surface area contributed by atoms with Crippen LogP contribution in [0.4, 0.5) is 0 Å². The van der Waals surface area contributed by atoms with Crippen LogP contribution in [0, 0.1) is 5.92 Å². The van der Waals surface area contributed by atoms with E-state index in [0.29, 0.717) is 24.0 Å². The third-order valence-corrected chi connectivity index (χ3v) is 6.44. The fourth-order valence-corrected chi connectivity index (χ4v) is 5.31. The zero-order valence-corrected chi connectivity index (χ0v) is 15.5. The maximum Gasteiger partial charge on any atom is 0.333 e. The Labute approximate surface area is 147 Å². The third kappa shape index (κ3) is 2.48. The Balaban J connectivity index is 1.96. The van der Waals surface area contributed by atoms with E-state index in [9.17, 15) is 9.59 Å². The molecule has 138 valence electrons. The molecule has 3 atom stereocenters. The molecular formula is C19H28N2O4. The predicted molar refractivity (Wildman–Crippen MR) is 94.0 cm³/mol. The van der Waals surface area contributed by atoms with Gasteiger partial charge in [0, 0.05) is 32.4 Å². The van der Waals surface area contributed by atoms with E-state index in [1.54, 1.807) is 14.1 Å². The van der Waals surface area contributed by atoms with E-state index < -0.39 is 5.79 Å². The quantitative estimate of drug-likeness (QED) is 0.721. The van der Waals surface area contributed by atoms with Gasteiger partial charge in [0.15, 0.2) is 0 Å². The second-order valence-electron chi connectivity index (χ2n) is 8.36. The molecule has 1 aliphatic carbocycles. The van der Waals surface area contributed by atoms with Crippen molar-refractivity contribution in [3.05, 3.63) is 26.4 Å². The molecule has 1 saturated carbocycles. The summed E-state index contributed by atoms with van der Waals surface area (Å²) in [6.45, 7) is 2.94. The lowest BCUT2D eigenvalue weighted by Gasteiger charge is -2.51. The minimum absolute atomic E-state index is 0.196. The summed E-state index contributed by atoms with van der Waals surface area (Å²) >= 11 is 0. The van der Waals surface area contributed by atoms with Crippen LogP contribution in [0.2, 0.25) is 0 Å². The molecule has 2 aliphatic heterocycles. The zero-order chi connectivity index (χ0) is 17.8. The second-order valence-corrected chi connectivity index (χ2v) is 8.36. The van der Waals surface area contributed by atoms with Gasteiger partial charge in [0.1, 0.15) is 0 Å². The smallest absolute Gasteiger partial charge is 0.333 e. The number of hydrogen-bond donors (Lipinski definition) is 0. The lowest BCUT2D eigenvalue weighted by molar-refractivity contribution is -0.232. The van der Waals surface area contributed by atoms with Gasteiger partial charge in [0.05, 0.1) is 12.2 Å². The molecule has 6 heteroatoms. The Hall–Kier alpha value is -1.56. The van der Waals surface area contributed by atoms with E-state index in [1.165, 1.54) is 15.6 Å². The molecule has 3 aliphatic rings. The molecule has 4 rings (SSSR count). The predicted octanol–water partition coefficient (Wildman–Crippen LogP) is 2.21. The Bertz CT molecular complexity index is 803. The lowest BCUT2D eigenvalue weighted by Crippen LogP contribution is -2.57. The average molecular weight is 348 g/mol. The fraction of sp³-hybridized carbons (Fsp3) is 0.789.